The number of rotatable bonds is 38. The van der Waals surface area contributed by atoms with E-state index in [1.165, 1.54) is 10.9 Å². The molecule has 0 amide bonds. The van der Waals surface area contributed by atoms with Gasteiger partial charge in [0.05, 0.1) is 143 Å². The summed E-state index contributed by atoms with van der Waals surface area (Å²) < 4.78 is 120. The summed E-state index contributed by atoms with van der Waals surface area (Å²) in [5, 5.41) is 34.4. The second-order valence-electron chi connectivity index (χ2n) is 18.1. The molecule has 0 aliphatic carbocycles. The quantitative estimate of drug-likeness (QED) is 0.0145. The summed E-state index contributed by atoms with van der Waals surface area (Å²) in [6.45, 7) is 9.00. The van der Waals surface area contributed by atoms with Crippen molar-refractivity contribution in [3.8, 4) is 11.5 Å². The maximum absolute atomic E-state index is 13.6. The van der Waals surface area contributed by atoms with Gasteiger partial charge in [0.25, 0.3) is 0 Å². The summed E-state index contributed by atoms with van der Waals surface area (Å²) in [6, 6.07) is 6.81. The average Bonchev–Trinajstić information content (AvgIpc) is 4.13. The molecule has 5 heterocycles. The van der Waals surface area contributed by atoms with Crippen LogP contribution in [0.3, 0.4) is 0 Å². The minimum absolute atomic E-state index is 0.0497. The van der Waals surface area contributed by atoms with E-state index in [1.807, 2.05) is 24.0 Å². The number of aliphatic hydroxyl groups is 2. The molecule has 80 heavy (non-hydrogen) atoms. The Kier molecular flexibility index (Phi) is 25.0. The lowest BCUT2D eigenvalue weighted by atomic mass is 9.88. The van der Waals surface area contributed by atoms with Gasteiger partial charge in [0.1, 0.15) is 54.3 Å². The van der Waals surface area contributed by atoms with Gasteiger partial charge in [0.15, 0.2) is 23.5 Å². The molecule has 2 aliphatic heterocycles. The highest BCUT2D eigenvalue weighted by atomic mass is 35.5. The third-order valence-electron chi connectivity index (χ3n) is 12.0. The Labute approximate surface area is 462 Å². The Hall–Kier alpha value is -5.05. The lowest BCUT2D eigenvalue weighted by Gasteiger charge is -2.41. The van der Waals surface area contributed by atoms with Gasteiger partial charge < -0.3 is 81.7 Å². The highest BCUT2D eigenvalue weighted by Crippen LogP contribution is 2.39. The number of aliphatic hydroxyl groups excluding tert-OH is 2. The zero-order valence-electron chi connectivity index (χ0n) is 43.7. The molecule has 7 rings (SSSR count). The fourth-order valence-electron chi connectivity index (χ4n) is 8.15. The van der Waals surface area contributed by atoms with Gasteiger partial charge in [-0.05, 0) is 41.8 Å². The number of aromatic nitrogens is 7. The normalized spacial score (nSPS) is 17.7. The number of benzene rings is 2. The standard InChI is InChI=1S/C49H65ClF3N8O18P/c1-32-22-36(2-3-37(32)33-26-59(27-33)46-38-25-54-61(47(38)56-49(50)55-46)48-44(64)43(63)41(78-48)30-76-31-80(65,66)67)77-21-20-74-17-16-72-14-15-73-18-19-75-29-35-28-60(58-57-35)5-7-69-9-11-71-13-12-70-10-8-68-6-4-42(62)79-45-39(52)23-34(51)24-40(45)53/h2-3,22-25,28,33,41,43-44,48,63-64H,4-21,26-27,29-31H2,1H3,(H2,65,66,67)/t41-,43-,44-,48-/m1/s1. The van der Waals surface area contributed by atoms with E-state index in [0.717, 1.165) is 16.9 Å². The first-order valence-corrected chi connectivity index (χ1v) is 27.7. The zero-order chi connectivity index (χ0) is 56.9. The van der Waals surface area contributed by atoms with Crippen LogP contribution in [0.25, 0.3) is 11.0 Å². The van der Waals surface area contributed by atoms with Gasteiger partial charge in [-0.15, -0.1) is 5.10 Å². The molecule has 31 heteroatoms. The predicted octanol–water partition coefficient (Wildman–Crippen LogP) is 2.88. The van der Waals surface area contributed by atoms with Crippen LogP contribution < -0.4 is 14.4 Å². The molecule has 442 valence electrons. The van der Waals surface area contributed by atoms with Crippen LogP contribution in [0.5, 0.6) is 11.5 Å². The van der Waals surface area contributed by atoms with E-state index in [2.05, 4.69) is 36.2 Å². The second-order valence-corrected chi connectivity index (χ2v) is 20.0. The van der Waals surface area contributed by atoms with Crippen LogP contribution in [0.1, 0.15) is 35.4 Å². The largest absolute Gasteiger partial charge is 0.491 e. The summed E-state index contributed by atoms with van der Waals surface area (Å²) in [5.41, 5.74) is 3.18. The lowest BCUT2D eigenvalue weighted by molar-refractivity contribution is -0.136. The number of anilines is 1. The smallest absolute Gasteiger partial charge is 0.350 e. The Morgan fingerprint density at radius 1 is 0.775 bits per heavy atom. The molecule has 4 atom stereocenters. The fourth-order valence-corrected chi connectivity index (χ4v) is 8.65. The molecule has 2 fully saturated rings. The second kappa shape index (κ2) is 32.0. The van der Waals surface area contributed by atoms with Crippen molar-refractivity contribution in [1.29, 1.82) is 0 Å². The number of halogens is 4. The Bertz CT molecular complexity index is 2740. The van der Waals surface area contributed by atoms with Crippen molar-refractivity contribution in [2.75, 3.05) is 137 Å². The van der Waals surface area contributed by atoms with Crippen molar-refractivity contribution in [3.05, 3.63) is 82.3 Å². The van der Waals surface area contributed by atoms with Gasteiger partial charge in [-0.2, -0.15) is 15.1 Å². The fraction of sp³-hybridized carbons (Fsp3) is 0.592. The number of carbonyl (C=O) groups excluding carboxylic acids is 1. The van der Waals surface area contributed by atoms with Crippen molar-refractivity contribution in [1.82, 2.24) is 34.7 Å². The third kappa shape index (κ3) is 19.6. The Balaban J connectivity index is 0.636. The number of carbonyl (C=O) groups is 1. The van der Waals surface area contributed by atoms with E-state index >= 15 is 0 Å². The SMILES string of the molecule is Cc1cc(OCCOCCOCCOCCOCc2cn(CCOCCOCCOCCOCCC(=O)Oc3c(F)cc(F)cc3F)nn2)ccc1C1CN(c2nc(Cl)nc3c2cnn3[C@@H]2O[C@H](COCP(=O)(O)O)[C@@H](O)[C@H]2O)C1. The number of esters is 1. The number of hydrogen-bond donors (Lipinski definition) is 4. The summed E-state index contributed by atoms with van der Waals surface area (Å²) in [6.07, 6.45) is -2.92. The van der Waals surface area contributed by atoms with Gasteiger partial charge >= 0.3 is 13.6 Å². The van der Waals surface area contributed by atoms with Crippen molar-refractivity contribution in [2.24, 2.45) is 0 Å². The number of nitrogens with zero attached hydrogens (tertiary/aromatic N) is 8. The number of hydrogen-bond acceptors (Lipinski definition) is 22. The van der Waals surface area contributed by atoms with Crippen molar-refractivity contribution >= 4 is 42.0 Å². The highest BCUT2D eigenvalue weighted by molar-refractivity contribution is 7.51. The first-order chi connectivity index (χ1) is 38.6. The van der Waals surface area contributed by atoms with E-state index in [4.69, 9.17) is 73.5 Å². The maximum atomic E-state index is 13.6. The van der Waals surface area contributed by atoms with Crippen LogP contribution in [0.15, 0.2) is 42.7 Å². The molecule has 2 aromatic carbocycles. The molecular weight excluding hydrogens is 1110 g/mol. The van der Waals surface area contributed by atoms with Crippen LogP contribution >= 0.6 is 19.2 Å². The molecule has 0 bridgehead atoms. The molecule has 0 spiro atoms. The van der Waals surface area contributed by atoms with Crippen molar-refractivity contribution in [3.63, 3.8) is 0 Å². The molecule has 26 nitrogen and oxygen atoms in total. The summed E-state index contributed by atoms with van der Waals surface area (Å²) in [7, 11) is -4.44. The topological polar surface area (TPSA) is 303 Å². The molecule has 2 saturated heterocycles. The monoisotopic (exact) mass is 1180 g/mol. The van der Waals surface area contributed by atoms with Gasteiger partial charge in [-0.1, -0.05) is 11.3 Å². The summed E-state index contributed by atoms with van der Waals surface area (Å²) in [5.74, 6) is -4.15. The van der Waals surface area contributed by atoms with Crippen LogP contribution in [-0.4, -0.2) is 211 Å². The highest BCUT2D eigenvalue weighted by Gasteiger charge is 2.45. The van der Waals surface area contributed by atoms with Gasteiger partial charge in [-0.25, -0.2) is 22.5 Å². The molecular formula is C49H65ClF3N8O18P. The van der Waals surface area contributed by atoms with Crippen molar-refractivity contribution < 1.29 is 99.4 Å². The van der Waals surface area contributed by atoms with Crippen molar-refractivity contribution in [2.45, 2.75) is 57.0 Å². The molecule has 0 saturated carbocycles. The number of ether oxygens (including phenoxy) is 12. The summed E-state index contributed by atoms with van der Waals surface area (Å²) in [4.78, 5) is 40.7. The van der Waals surface area contributed by atoms with Gasteiger partial charge in [0.2, 0.25) is 11.0 Å². The molecule has 2 aliphatic rings. The number of fused-ring (bicyclic) bond motifs is 1. The zero-order valence-corrected chi connectivity index (χ0v) is 45.4. The lowest BCUT2D eigenvalue weighted by Crippen LogP contribution is -2.45. The first-order valence-electron chi connectivity index (χ1n) is 25.5. The Morgan fingerprint density at radius 2 is 1.38 bits per heavy atom. The van der Waals surface area contributed by atoms with E-state index < -0.39 is 67.7 Å². The third-order valence-corrected chi connectivity index (χ3v) is 12.7. The van der Waals surface area contributed by atoms with Crippen LogP contribution in [0.4, 0.5) is 19.0 Å². The van der Waals surface area contributed by atoms with Gasteiger partial charge in [-0.3, -0.25) is 9.36 Å². The molecule has 0 radical (unpaired) electrons. The van der Waals surface area contributed by atoms with Crippen LogP contribution in [0, 0.1) is 24.4 Å². The minimum Gasteiger partial charge on any atom is -0.491 e. The van der Waals surface area contributed by atoms with E-state index in [9.17, 15) is 32.7 Å². The van der Waals surface area contributed by atoms with E-state index in [-0.39, 0.29) is 56.3 Å². The molecule has 4 N–H and O–H groups in total. The van der Waals surface area contributed by atoms with Crippen LogP contribution in [-0.2, 0) is 69.9 Å². The predicted molar refractivity (Wildman–Crippen MR) is 273 cm³/mol. The summed E-state index contributed by atoms with van der Waals surface area (Å²) >= 11 is 6.36. The van der Waals surface area contributed by atoms with Gasteiger partial charge in [0, 0.05) is 31.1 Å². The molecule has 5 aromatic rings. The average molecular weight is 1180 g/mol. The molecule has 3 aromatic heterocycles. The maximum Gasteiger partial charge on any atom is 0.350 e. The van der Waals surface area contributed by atoms with Crippen LogP contribution in [0.2, 0.25) is 5.28 Å². The minimum atomic E-state index is -4.44. The Morgan fingerprint density at radius 3 is 2.00 bits per heavy atom. The number of aryl methyl sites for hydroxylation is 1. The van der Waals surface area contributed by atoms with E-state index in [1.54, 1.807) is 10.9 Å². The first kappa shape index (κ1) is 62.5. The molecule has 0 unspecified atom stereocenters. The van der Waals surface area contributed by atoms with E-state index in [0.29, 0.717) is 135 Å².